The Bertz CT molecular complexity index is 649. The number of hydrogen-bond acceptors (Lipinski definition) is 4. The van der Waals surface area contributed by atoms with Gasteiger partial charge in [-0.25, -0.2) is 0 Å². The van der Waals surface area contributed by atoms with Gasteiger partial charge in [0.05, 0.1) is 5.57 Å². The smallest absolute Gasteiger partial charge is 0.148 e. The van der Waals surface area contributed by atoms with Crippen molar-refractivity contribution in [3.8, 4) is 18.2 Å². The van der Waals surface area contributed by atoms with Gasteiger partial charge in [0.15, 0.2) is 0 Å². The fraction of sp³-hybridized carbons (Fsp3) is 0.267. The number of benzene rings is 1. The van der Waals surface area contributed by atoms with E-state index in [1.54, 1.807) is 18.2 Å². The van der Waals surface area contributed by atoms with E-state index in [1.165, 1.54) is 11.3 Å². The standard InChI is InChI=1S/C15H12N4/c1-2-19-6-5-12-7-11(3-4-15(12)19)14(10-18)13(8-16)9-17/h3-4,7H,2,5-6H2,1H3. The second-order valence-electron chi connectivity index (χ2n) is 4.26. The Morgan fingerprint density at radius 1 is 1.21 bits per heavy atom. The molecule has 19 heavy (non-hydrogen) atoms. The van der Waals surface area contributed by atoms with Gasteiger partial charge < -0.3 is 4.90 Å². The largest absolute Gasteiger partial charge is 0.371 e. The first-order valence-corrected chi connectivity index (χ1v) is 6.08. The van der Waals surface area contributed by atoms with Crippen LogP contribution in [0, 0.1) is 34.0 Å². The number of nitrogens with zero attached hydrogens (tertiary/aromatic N) is 4. The minimum Gasteiger partial charge on any atom is -0.371 e. The zero-order valence-corrected chi connectivity index (χ0v) is 10.6. The first-order valence-electron chi connectivity index (χ1n) is 6.08. The molecular weight excluding hydrogens is 236 g/mol. The molecule has 1 heterocycles. The van der Waals surface area contributed by atoms with Gasteiger partial charge in [-0.2, -0.15) is 15.8 Å². The van der Waals surface area contributed by atoms with Gasteiger partial charge in [0.25, 0.3) is 0 Å². The predicted octanol–water partition coefficient (Wildman–Crippen LogP) is 2.39. The van der Waals surface area contributed by atoms with Crippen molar-refractivity contribution in [2.24, 2.45) is 0 Å². The molecule has 0 amide bonds. The van der Waals surface area contributed by atoms with Crippen LogP contribution in [-0.2, 0) is 6.42 Å². The maximum atomic E-state index is 9.14. The Labute approximate surface area is 112 Å². The molecule has 0 aliphatic carbocycles. The average Bonchev–Trinajstić information content (AvgIpc) is 2.86. The monoisotopic (exact) mass is 248 g/mol. The van der Waals surface area contributed by atoms with E-state index < -0.39 is 0 Å². The summed E-state index contributed by atoms with van der Waals surface area (Å²) in [5.41, 5.74) is 3.02. The minimum absolute atomic E-state index is 0.132. The summed E-state index contributed by atoms with van der Waals surface area (Å²) in [4.78, 5) is 2.27. The van der Waals surface area contributed by atoms with E-state index in [2.05, 4.69) is 11.8 Å². The maximum Gasteiger partial charge on any atom is 0.148 e. The van der Waals surface area contributed by atoms with Crippen molar-refractivity contribution in [3.05, 3.63) is 34.9 Å². The molecule has 2 rings (SSSR count). The molecule has 92 valence electrons. The molecule has 1 aromatic rings. The summed E-state index contributed by atoms with van der Waals surface area (Å²) in [7, 11) is 0. The van der Waals surface area contributed by atoms with Crippen LogP contribution < -0.4 is 4.90 Å². The van der Waals surface area contributed by atoms with Gasteiger partial charge in [0.1, 0.15) is 23.8 Å². The van der Waals surface area contributed by atoms with Crippen molar-refractivity contribution in [2.75, 3.05) is 18.0 Å². The molecule has 1 aliphatic rings. The van der Waals surface area contributed by atoms with Crippen LogP contribution in [0.15, 0.2) is 23.8 Å². The predicted molar refractivity (Wildman–Crippen MR) is 71.8 cm³/mol. The van der Waals surface area contributed by atoms with Crippen LogP contribution in [-0.4, -0.2) is 13.1 Å². The fourth-order valence-corrected chi connectivity index (χ4v) is 2.36. The number of fused-ring (bicyclic) bond motifs is 1. The molecule has 0 unspecified atom stereocenters. The number of rotatable bonds is 2. The highest BCUT2D eigenvalue weighted by Gasteiger charge is 2.19. The molecule has 0 fully saturated rings. The highest BCUT2D eigenvalue weighted by atomic mass is 15.1. The van der Waals surface area contributed by atoms with Gasteiger partial charge in [-0.15, -0.1) is 0 Å². The van der Waals surface area contributed by atoms with Crippen LogP contribution >= 0.6 is 0 Å². The second kappa shape index (κ2) is 5.25. The second-order valence-corrected chi connectivity index (χ2v) is 4.26. The van der Waals surface area contributed by atoms with E-state index in [9.17, 15) is 0 Å². The molecule has 0 saturated heterocycles. The van der Waals surface area contributed by atoms with E-state index in [0.29, 0.717) is 5.56 Å². The lowest BCUT2D eigenvalue weighted by atomic mass is 9.99. The molecule has 0 aromatic heterocycles. The number of nitriles is 3. The first-order chi connectivity index (χ1) is 9.24. The Hall–Kier alpha value is -2.77. The zero-order valence-electron chi connectivity index (χ0n) is 10.6. The van der Waals surface area contributed by atoms with Crippen molar-refractivity contribution in [1.29, 1.82) is 15.8 Å². The maximum absolute atomic E-state index is 9.14. The Morgan fingerprint density at radius 3 is 2.53 bits per heavy atom. The number of allylic oxidation sites excluding steroid dienone is 2. The van der Waals surface area contributed by atoms with Crippen molar-refractivity contribution >= 4 is 11.3 Å². The first kappa shape index (κ1) is 12.7. The van der Waals surface area contributed by atoms with Crippen LogP contribution in [0.2, 0.25) is 0 Å². The van der Waals surface area contributed by atoms with Crippen molar-refractivity contribution in [2.45, 2.75) is 13.3 Å². The molecule has 4 heteroatoms. The van der Waals surface area contributed by atoms with E-state index in [4.69, 9.17) is 15.8 Å². The summed E-state index contributed by atoms with van der Waals surface area (Å²) in [6.07, 6.45) is 0.935. The van der Waals surface area contributed by atoms with E-state index in [0.717, 1.165) is 19.5 Å². The van der Waals surface area contributed by atoms with Gasteiger partial charge >= 0.3 is 0 Å². The molecule has 1 aromatic carbocycles. The van der Waals surface area contributed by atoms with Gasteiger partial charge in [-0.3, -0.25) is 0 Å². The Kier molecular flexibility index (Phi) is 3.51. The lowest BCUT2D eigenvalue weighted by molar-refractivity contribution is 0.868. The average molecular weight is 248 g/mol. The lowest BCUT2D eigenvalue weighted by Gasteiger charge is -2.16. The number of likely N-dealkylation sites (N-methyl/N-ethyl adjacent to an activating group) is 1. The van der Waals surface area contributed by atoms with Gasteiger partial charge in [0.2, 0.25) is 0 Å². The quantitative estimate of drug-likeness (QED) is 0.753. The lowest BCUT2D eigenvalue weighted by Crippen LogP contribution is -2.18. The minimum atomic E-state index is -0.132. The Balaban J connectivity index is 2.51. The topological polar surface area (TPSA) is 74.6 Å². The molecule has 0 saturated carbocycles. The molecule has 0 bridgehead atoms. The summed E-state index contributed by atoms with van der Waals surface area (Å²) in [5, 5.41) is 26.9. The fourth-order valence-electron chi connectivity index (χ4n) is 2.36. The third-order valence-corrected chi connectivity index (χ3v) is 3.33. The number of anilines is 1. The Morgan fingerprint density at radius 2 is 1.95 bits per heavy atom. The van der Waals surface area contributed by atoms with Gasteiger partial charge in [-0.05, 0) is 36.6 Å². The van der Waals surface area contributed by atoms with Crippen LogP contribution in [0.5, 0.6) is 0 Å². The van der Waals surface area contributed by atoms with Crippen LogP contribution in [0.4, 0.5) is 5.69 Å². The van der Waals surface area contributed by atoms with Crippen LogP contribution in [0.1, 0.15) is 18.1 Å². The molecule has 0 N–H and O–H groups in total. The zero-order chi connectivity index (χ0) is 13.8. The summed E-state index contributed by atoms with van der Waals surface area (Å²) in [6, 6.07) is 11.2. The third kappa shape index (κ3) is 2.15. The van der Waals surface area contributed by atoms with Gasteiger partial charge in [0, 0.05) is 18.8 Å². The molecule has 0 atom stereocenters. The van der Waals surface area contributed by atoms with E-state index in [-0.39, 0.29) is 11.1 Å². The highest BCUT2D eigenvalue weighted by molar-refractivity contribution is 5.85. The number of hydrogen-bond donors (Lipinski definition) is 0. The molecule has 0 spiro atoms. The van der Waals surface area contributed by atoms with Crippen LogP contribution in [0.3, 0.4) is 0 Å². The summed E-state index contributed by atoms with van der Waals surface area (Å²) in [6.45, 7) is 4.03. The normalized spacial score (nSPS) is 12.0. The van der Waals surface area contributed by atoms with Crippen molar-refractivity contribution in [1.82, 2.24) is 0 Å². The van der Waals surface area contributed by atoms with Gasteiger partial charge in [-0.1, -0.05) is 6.07 Å². The molecule has 0 radical (unpaired) electrons. The summed E-state index contributed by atoms with van der Waals surface area (Å²) >= 11 is 0. The molecule has 1 aliphatic heterocycles. The summed E-state index contributed by atoms with van der Waals surface area (Å²) in [5.74, 6) is 0. The highest BCUT2D eigenvalue weighted by Crippen LogP contribution is 2.31. The van der Waals surface area contributed by atoms with Crippen molar-refractivity contribution < 1.29 is 0 Å². The van der Waals surface area contributed by atoms with Crippen LogP contribution in [0.25, 0.3) is 5.57 Å². The molecule has 4 nitrogen and oxygen atoms in total. The summed E-state index contributed by atoms with van der Waals surface area (Å²) < 4.78 is 0. The third-order valence-electron chi connectivity index (χ3n) is 3.33. The van der Waals surface area contributed by atoms with Crippen molar-refractivity contribution in [3.63, 3.8) is 0 Å². The van der Waals surface area contributed by atoms with E-state index in [1.807, 2.05) is 18.2 Å². The SMILES string of the molecule is CCN1CCc2cc(C(C#N)=C(C#N)C#N)ccc21. The van der Waals surface area contributed by atoms with E-state index >= 15 is 0 Å². The molecular formula is C15H12N4.